The van der Waals surface area contributed by atoms with Crippen molar-refractivity contribution in [1.29, 1.82) is 0 Å². The summed E-state index contributed by atoms with van der Waals surface area (Å²) in [4.78, 5) is 33.2. The average molecular weight is 570 g/mol. The van der Waals surface area contributed by atoms with Crippen LogP contribution in [0.5, 0.6) is 0 Å². The fourth-order valence-corrected chi connectivity index (χ4v) is 4.94. The lowest BCUT2D eigenvalue weighted by Crippen LogP contribution is -2.33. The van der Waals surface area contributed by atoms with Gasteiger partial charge in [0.05, 0.1) is 31.9 Å². The van der Waals surface area contributed by atoms with E-state index in [9.17, 15) is 4.79 Å². The maximum absolute atomic E-state index is 12.0. The summed E-state index contributed by atoms with van der Waals surface area (Å²) in [6.45, 7) is 2.89. The third-order valence-electron chi connectivity index (χ3n) is 7.36. The number of anilines is 3. The fraction of sp³-hybridized carbons (Fsp3) is 0.355. The number of carbonyl (C=O) groups is 1. The number of benzene rings is 2. The van der Waals surface area contributed by atoms with Crippen LogP contribution in [0.1, 0.15) is 36.8 Å². The molecule has 1 unspecified atom stereocenters. The number of carbonyl (C=O) groups excluding carboxylic acids is 1. The smallest absolute Gasteiger partial charge is 0.245 e. The highest BCUT2D eigenvalue weighted by Gasteiger charge is 2.16. The zero-order valence-corrected chi connectivity index (χ0v) is 23.7. The largest absolute Gasteiger partial charge is 0.379 e. The number of imidazole rings is 1. The molecule has 4 heterocycles. The van der Waals surface area contributed by atoms with Crippen LogP contribution in [-0.4, -0.2) is 66.2 Å². The van der Waals surface area contributed by atoms with Crippen LogP contribution in [0.2, 0.25) is 0 Å². The molecule has 4 aromatic rings. The number of fused-ring (bicyclic) bond motifs is 2. The minimum atomic E-state index is -0.349. The first-order valence-electron chi connectivity index (χ1n) is 14.3. The molecular formula is C31H35N7O4. The Hall–Kier alpha value is -4.32. The van der Waals surface area contributed by atoms with Crippen LogP contribution in [0.15, 0.2) is 66.0 Å². The number of nitrogens with zero attached hydrogens (tertiary/aromatic N) is 5. The molecule has 2 aliphatic rings. The molecule has 2 aromatic heterocycles. The molecule has 42 heavy (non-hydrogen) atoms. The van der Waals surface area contributed by atoms with Crippen molar-refractivity contribution in [2.45, 2.75) is 38.5 Å². The van der Waals surface area contributed by atoms with Gasteiger partial charge in [0, 0.05) is 68.4 Å². The van der Waals surface area contributed by atoms with E-state index in [1.807, 2.05) is 54.3 Å². The zero-order valence-electron chi connectivity index (χ0n) is 23.7. The highest BCUT2D eigenvalue weighted by molar-refractivity contribution is 5.86. The van der Waals surface area contributed by atoms with Gasteiger partial charge in [0.15, 0.2) is 17.8 Å². The summed E-state index contributed by atoms with van der Waals surface area (Å²) in [5.74, 6) is 0.472. The van der Waals surface area contributed by atoms with Crippen LogP contribution < -0.4 is 15.7 Å². The Bertz CT molecular complexity index is 1550. The first-order valence-corrected chi connectivity index (χ1v) is 14.3. The number of ether oxygens (including phenoxy) is 2. The highest BCUT2D eigenvalue weighted by Crippen LogP contribution is 2.28. The van der Waals surface area contributed by atoms with E-state index in [0.29, 0.717) is 38.7 Å². The first-order chi connectivity index (χ1) is 20.6. The van der Waals surface area contributed by atoms with E-state index in [4.69, 9.17) is 19.3 Å². The van der Waals surface area contributed by atoms with Gasteiger partial charge in [-0.05, 0) is 54.3 Å². The summed E-state index contributed by atoms with van der Waals surface area (Å²) in [5.41, 5.74) is 9.44. The second kappa shape index (κ2) is 13.1. The fourth-order valence-electron chi connectivity index (χ4n) is 4.94. The first kappa shape index (κ1) is 27.8. The molecule has 2 N–H and O–H groups in total. The summed E-state index contributed by atoms with van der Waals surface area (Å²) < 4.78 is 13.1. The van der Waals surface area contributed by atoms with Gasteiger partial charge < -0.3 is 24.1 Å². The predicted molar refractivity (Wildman–Crippen MR) is 161 cm³/mol. The lowest BCUT2D eigenvalue weighted by Gasteiger charge is -2.22. The molecule has 0 saturated carbocycles. The maximum atomic E-state index is 12.0. The van der Waals surface area contributed by atoms with Gasteiger partial charge in [-0.15, -0.1) is 0 Å². The zero-order chi connectivity index (χ0) is 28.7. The van der Waals surface area contributed by atoms with Gasteiger partial charge in [-0.2, -0.15) is 0 Å². The van der Waals surface area contributed by atoms with Crippen LogP contribution in [0, 0.1) is 0 Å². The van der Waals surface area contributed by atoms with Crippen molar-refractivity contribution in [3.05, 3.63) is 72.2 Å². The van der Waals surface area contributed by atoms with Crippen LogP contribution in [0.3, 0.4) is 0 Å². The number of hydrogen-bond acceptors (Lipinski definition) is 9. The molecule has 2 aliphatic heterocycles. The predicted octanol–water partition coefficient (Wildman–Crippen LogP) is 4.49. The van der Waals surface area contributed by atoms with Crippen molar-refractivity contribution in [2.75, 3.05) is 43.6 Å². The van der Waals surface area contributed by atoms with Crippen molar-refractivity contribution in [1.82, 2.24) is 19.8 Å². The number of likely N-dealkylation sites (N-methyl/N-ethyl adjacent to an activating group) is 1. The van der Waals surface area contributed by atoms with Crippen LogP contribution in [-0.2, 0) is 25.7 Å². The Morgan fingerprint density at radius 2 is 2.07 bits per heavy atom. The van der Waals surface area contributed by atoms with E-state index < -0.39 is 0 Å². The second-order valence-corrected chi connectivity index (χ2v) is 10.4. The van der Waals surface area contributed by atoms with E-state index in [2.05, 4.69) is 43.9 Å². The SMILES string of the molecule is CN(CCOCCC(=O)NOC1CCCCO1)c1ccc(Nc2nc(-c3ccc4c(c3)CN=C4)cn3ccnc23)cc1. The minimum Gasteiger partial charge on any atom is -0.379 e. The van der Waals surface area contributed by atoms with Crippen LogP contribution in [0.25, 0.3) is 16.9 Å². The molecule has 218 valence electrons. The maximum Gasteiger partial charge on any atom is 0.245 e. The molecular weight excluding hydrogens is 534 g/mol. The molecule has 0 radical (unpaired) electrons. The standard InChI is InChI=1S/C31H35N7O4/c1-37(14-17-40-16-11-28(39)36-42-29-4-2-3-15-41-29)26-9-7-25(8-10-26)34-30-31-33-12-13-38(31)21-27(35-30)22-5-6-23-19-32-20-24(23)18-22/h5-10,12-13,18-19,21,29H,2-4,11,14-17,20H2,1H3,(H,34,35)(H,36,39). The number of rotatable bonds is 12. The Kier molecular flexibility index (Phi) is 8.69. The number of aromatic nitrogens is 3. The number of nitrogens with one attached hydrogen (secondary N) is 2. The number of hydrogen-bond donors (Lipinski definition) is 2. The van der Waals surface area contributed by atoms with E-state index in [0.717, 1.165) is 53.1 Å². The van der Waals surface area contributed by atoms with Crippen molar-refractivity contribution in [2.24, 2.45) is 4.99 Å². The van der Waals surface area contributed by atoms with Crippen molar-refractivity contribution < 1.29 is 19.1 Å². The van der Waals surface area contributed by atoms with Gasteiger partial charge in [-0.3, -0.25) is 9.79 Å². The van der Waals surface area contributed by atoms with E-state index in [1.54, 1.807) is 6.20 Å². The third-order valence-corrected chi connectivity index (χ3v) is 7.36. The Balaban J connectivity index is 0.995. The minimum absolute atomic E-state index is 0.213. The van der Waals surface area contributed by atoms with Crippen molar-refractivity contribution in [3.63, 3.8) is 0 Å². The summed E-state index contributed by atoms with van der Waals surface area (Å²) in [6, 6.07) is 14.5. The molecule has 1 amide bonds. The van der Waals surface area contributed by atoms with Crippen molar-refractivity contribution in [3.8, 4) is 11.3 Å². The van der Waals surface area contributed by atoms with E-state index in [1.165, 1.54) is 5.56 Å². The van der Waals surface area contributed by atoms with Gasteiger partial charge in [-0.25, -0.2) is 20.3 Å². The number of amides is 1. The topological polar surface area (TPSA) is 115 Å². The Morgan fingerprint density at radius 3 is 2.93 bits per heavy atom. The molecule has 1 fully saturated rings. The summed E-state index contributed by atoms with van der Waals surface area (Å²) in [5, 5.41) is 3.44. The Labute approximate surface area is 244 Å². The lowest BCUT2D eigenvalue weighted by atomic mass is 10.0. The average Bonchev–Trinajstić information content (AvgIpc) is 3.70. The van der Waals surface area contributed by atoms with Crippen molar-refractivity contribution >= 4 is 35.0 Å². The molecule has 1 saturated heterocycles. The summed E-state index contributed by atoms with van der Waals surface area (Å²) >= 11 is 0. The molecule has 2 aromatic carbocycles. The molecule has 1 atom stereocenters. The van der Waals surface area contributed by atoms with Crippen LogP contribution >= 0.6 is 0 Å². The highest BCUT2D eigenvalue weighted by atomic mass is 16.8. The van der Waals surface area contributed by atoms with E-state index >= 15 is 0 Å². The third kappa shape index (κ3) is 6.76. The molecule has 6 rings (SSSR count). The number of hydroxylamine groups is 1. The molecule has 11 nitrogen and oxygen atoms in total. The van der Waals surface area contributed by atoms with Gasteiger partial charge in [0.1, 0.15) is 0 Å². The number of aliphatic imine (C=N–C) groups is 1. The van der Waals surface area contributed by atoms with Gasteiger partial charge in [-0.1, -0.05) is 12.1 Å². The molecule has 11 heteroatoms. The summed E-state index contributed by atoms with van der Waals surface area (Å²) in [7, 11) is 2.01. The Morgan fingerprint density at radius 1 is 1.17 bits per heavy atom. The molecule has 0 bridgehead atoms. The quantitative estimate of drug-likeness (QED) is 0.190. The van der Waals surface area contributed by atoms with E-state index in [-0.39, 0.29) is 18.6 Å². The van der Waals surface area contributed by atoms with Gasteiger partial charge >= 0.3 is 0 Å². The van der Waals surface area contributed by atoms with Crippen LogP contribution in [0.4, 0.5) is 17.2 Å². The monoisotopic (exact) mass is 569 g/mol. The molecule has 0 aliphatic carbocycles. The van der Waals surface area contributed by atoms with Gasteiger partial charge in [0.2, 0.25) is 5.91 Å². The van der Waals surface area contributed by atoms with Gasteiger partial charge in [0.25, 0.3) is 0 Å². The summed E-state index contributed by atoms with van der Waals surface area (Å²) in [6.07, 6.45) is 10.4. The molecule has 0 spiro atoms. The lowest BCUT2D eigenvalue weighted by molar-refractivity contribution is -0.200. The normalized spacial score (nSPS) is 16.0. The second-order valence-electron chi connectivity index (χ2n) is 10.4.